The third-order valence-electron chi connectivity index (χ3n) is 9.26. The first-order valence-electron chi connectivity index (χ1n) is 15.7. The fraction of sp³-hybridized carbons (Fsp3) is 0.306. The molecule has 1 saturated heterocycles. The van der Waals surface area contributed by atoms with Crippen LogP contribution < -0.4 is 15.0 Å². The van der Waals surface area contributed by atoms with Gasteiger partial charge in [0.1, 0.15) is 24.3 Å². The molecule has 0 atom stereocenters. The molecule has 44 heavy (non-hydrogen) atoms. The Morgan fingerprint density at radius 2 is 1.77 bits per heavy atom. The van der Waals surface area contributed by atoms with E-state index in [-0.39, 0.29) is 5.91 Å². The van der Waals surface area contributed by atoms with Gasteiger partial charge in [0.25, 0.3) is 5.91 Å². The van der Waals surface area contributed by atoms with Crippen molar-refractivity contribution in [1.82, 2.24) is 25.2 Å². The Morgan fingerprint density at radius 1 is 0.932 bits per heavy atom. The standard InChI is InChI=1S/C36H36N6O2/c1-23-28(3-2-4-32(23)42-17-18-44-33-19-27(25-9-10-25)11-12-29(33)36(42)43)34-30-20-31(40-35(30)39-22-38-34)26-7-5-24(6-8-26)21-41-15-13-37-14-16-41/h2-8,11-12,19-20,22,25,37H,9-10,13-18,21H2,1H3,(H,38,39,40). The van der Waals surface area contributed by atoms with Crippen LogP contribution in [0.25, 0.3) is 33.5 Å². The van der Waals surface area contributed by atoms with Crippen LogP contribution in [-0.4, -0.2) is 65.1 Å². The normalized spacial score (nSPS) is 17.4. The van der Waals surface area contributed by atoms with E-state index in [9.17, 15) is 4.79 Å². The van der Waals surface area contributed by atoms with Gasteiger partial charge in [0.15, 0.2) is 0 Å². The van der Waals surface area contributed by atoms with E-state index in [1.54, 1.807) is 6.33 Å². The molecule has 4 heterocycles. The second kappa shape index (κ2) is 11.2. The van der Waals surface area contributed by atoms with E-state index >= 15 is 0 Å². The first-order chi connectivity index (χ1) is 21.6. The number of amides is 1. The number of nitrogens with zero attached hydrogens (tertiary/aromatic N) is 4. The summed E-state index contributed by atoms with van der Waals surface area (Å²) in [5.74, 6) is 1.28. The van der Waals surface area contributed by atoms with Gasteiger partial charge in [-0.2, -0.15) is 0 Å². The van der Waals surface area contributed by atoms with E-state index in [1.165, 1.54) is 24.0 Å². The number of hydrogen-bond acceptors (Lipinski definition) is 6. The highest BCUT2D eigenvalue weighted by molar-refractivity contribution is 6.09. The Bertz CT molecular complexity index is 1850. The Labute approximate surface area is 257 Å². The van der Waals surface area contributed by atoms with E-state index in [1.807, 2.05) is 23.1 Å². The van der Waals surface area contributed by atoms with Gasteiger partial charge >= 0.3 is 0 Å². The molecule has 8 nitrogen and oxygen atoms in total. The molecular weight excluding hydrogens is 548 g/mol. The van der Waals surface area contributed by atoms with E-state index in [0.29, 0.717) is 30.4 Å². The summed E-state index contributed by atoms with van der Waals surface area (Å²) < 4.78 is 6.10. The fourth-order valence-corrected chi connectivity index (χ4v) is 6.63. The molecule has 2 aromatic heterocycles. The number of H-pyrrole nitrogens is 1. The molecule has 3 aromatic carbocycles. The summed E-state index contributed by atoms with van der Waals surface area (Å²) in [6, 6.07) is 23.1. The number of hydrogen-bond donors (Lipinski definition) is 2. The molecule has 1 saturated carbocycles. The second-order valence-electron chi connectivity index (χ2n) is 12.2. The van der Waals surface area contributed by atoms with Crippen molar-refractivity contribution in [2.45, 2.75) is 32.2 Å². The fourth-order valence-electron chi connectivity index (χ4n) is 6.63. The zero-order valence-electron chi connectivity index (χ0n) is 25.0. The first kappa shape index (κ1) is 27.0. The molecule has 0 unspecified atom stereocenters. The van der Waals surface area contributed by atoms with Gasteiger partial charge in [-0.25, -0.2) is 9.97 Å². The van der Waals surface area contributed by atoms with Crippen LogP contribution in [0.1, 0.15) is 45.8 Å². The quantitative estimate of drug-likeness (QED) is 0.258. The number of benzene rings is 3. The second-order valence-corrected chi connectivity index (χ2v) is 12.2. The van der Waals surface area contributed by atoms with Gasteiger partial charge in [-0.05, 0) is 72.2 Å². The van der Waals surface area contributed by atoms with Crippen LogP contribution in [0.4, 0.5) is 5.69 Å². The number of ether oxygens (including phenoxy) is 1. The molecule has 8 heteroatoms. The van der Waals surface area contributed by atoms with Crippen molar-refractivity contribution in [1.29, 1.82) is 0 Å². The molecule has 2 N–H and O–H groups in total. The van der Waals surface area contributed by atoms with Crippen LogP contribution in [0.5, 0.6) is 5.75 Å². The molecular formula is C36H36N6O2. The number of anilines is 1. The number of carbonyl (C=O) groups is 1. The van der Waals surface area contributed by atoms with Crippen molar-refractivity contribution in [2.75, 3.05) is 44.2 Å². The summed E-state index contributed by atoms with van der Waals surface area (Å²) in [4.78, 5) is 31.0. The zero-order valence-corrected chi connectivity index (χ0v) is 25.0. The van der Waals surface area contributed by atoms with E-state index in [2.05, 4.69) is 75.6 Å². The minimum Gasteiger partial charge on any atom is -0.491 e. The Balaban J connectivity index is 1.09. The van der Waals surface area contributed by atoms with Crippen LogP contribution in [0.3, 0.4) is 0 Å². The van der Waals surface area contributed by atoms with Crippen molar-refractivity contribution in [3.63, 3.8) is 0 Å². The number of aromatic nitrogens is 3. The molecule has 1 amide bonds. The van der Waals surface area contributed by atoms with Crippen LogP contribution in [0.2, 0.25) is 0 Å². The lowest BCUT2D eigenvalue weighted by molar-refractivity contribution is 0.0989. The van der Waals surface area contributed by atoms with E-state index in [0.717, 1.165) is 77.5 Å². The minimum absolute atomic E-state index is 0.0303. The third kappa shape index (κ3) is 5.04. The van der Waals surface area contributed by atoms with Crippen LogP contribution in [0.15, 0.2) is 73.1 Å². The maximum atomic E-state index is 13.9. The summed E-state index contributed by atoms with van der Waals surface area (Å²) in [7, 11) is 0. The van der Waals surface area contributed by atoms with Gasteiger partial charge in [-0.1, -0.05) is 42.5 Å². The Hall–Kier alpha value is -4.53. The van der Waals surface area contributed by atoms with Gasteiger partial charge in [0, 0.05) is 55.1 Å². The van der Waals surface area contributed by atoms with Crippen molar-refractivity contribution >= 4 is 22.6 Å². The van der Waals surface area contributed by atoms with Gasteiger partial charge in [0.2, 0.25) is 0 Å². The summed E-state index contributed by atoms with van der Waals surface area (Å²) in [5.41, 5.74) is 9.82. The van der Waals surface area contributed by atoms with Crippen molar-refractivity contribution < 1.29 is 9.53 Å². The van der Waals surface area contributed by atoms with Crippen LogP contribution in [-0.2, 0) is 6.54 Å². The molecule has 2 aliphatic heterocycles. The van der Waals surface area contributed by atoms with Gasteiger partial charge in [-0.3, -0.25) is 9.69 Å². The Morgan fingerprint density at radius 3 is 2.59 bits per heavy atom. The summed E-state index contributed by atoms with van der Waals surface area (Å²) >= 11 is 0. The lowest BCUT2D eigenvalue weighted by atomic mass is 10.00. The van der Waals surface area contributed by atoms with Crippen molar-refractivity contribution in [3.8, 4) is 28.3 Å². The largest absolute Gasteiger partial charge is 0.491 e. The van der Waals surface area contributed by atoms with Gasteiger partial charge < -0.3 is 19.9 Å². The highest BCUT2D eigenvalue weighted by Crippen LogP contribution is 2.42. The lowest BCUT2D eigenvalue weighted by Crippen LogP contribution is -2.42. The molecule has 8 rings (SSSR count). The zero-order chi connectivity index (χ0) is 29.6. The molecule has 0 bridgehead atoms. The molecule has 0 spiro atoms. The predicted octanol–water partition coefficient (Wildman–Crippen LogP) is 5.92. The topological polar surface area (TPSA) is 86.4 Å². The lowest BCUT2D eigenvalue weighted by Gasteiger charge is -2.27. The van der Waals surface area contributed by atoms with Crippen molar-refractivity contribution in [3.05, 3.63) is 95.3 Å². The summed E-state index contributed by atoms with van der Waals surface area (Å²) in [5, 5.41) is 4.37. The van der Waals surface area contributed by atoms with Gasteiger partial charge in [-0.15, -0.1) is 0 Å². The molecule has 5 aromatic rings. The average molecular weight is 585 g/mol. The van der Waals surface area contributed by atoms with Crippen LogP contribution in [0, 0.1) is 6.92 Å². The van der Waals surface area contributed by atoms with Crippen LogP contribution >= 0.6 is 0 Å². The molecule has 3 aliphatic rings. The monoisotopic (exact) mass is 584 g/mol. The average Bonchev–Trinajstić information content (AvgIpc) is 3.84. The number of fused-ring (bicyclic) bond motifs is 2. The number of piperazine rings is 1. The smallest absolute Gasteiger partial charge is 0.262 e. The molecule has 1 aliphatic carbocycles. The Kier molecular flexibility index (Phi) is 6.88. The molecule has 0 radical (unpaired) electrons. The maximum absolute atomic E-state index is 13.9. The minimum atomic E-state index is -0.0303. The molecule has 222 valence electrons. The van der Waals surface area contributed by atoms with Gasteiger partial charge in [0.05, 0.1) is 17.8 Å². The highest BCUT2D eigenvalue weighted by Gasteiger charge is 2.30. The van der Waals surface area contributed by atoms with Crippen molar-refractivity contribution in [2.24, 2.45) is 0 Å². The number of rotatable bonds is 6. The summed E-state index contributed by atoms with van der Waals surface area (Å²) in [6.45, 7) is 8.24. The maximum Gasteiger partial charge on any atom is 0.262 e. The SMILES string of the molecule is Cc1c(-c2ncnc3[nH]c(-c4ccc(CN5CCNCC5)cc4)cc23)cccc1N1CCOc2cc(C3CC3)ccc2C1=O. The van der Waals surface area contributed by atoms with E-state index < -0.39 is 0 Å². The third-order valence-corrected chi connectivity index (χ3v) is 9.26. The predicted molar refractivity (Wildman–Crippen MR) is 173 cm³/mol. The number of carbonyl (C=O) groups excluding carboxylic acids is 1. The first-order valence-corrected chi connectivity index (χ1v) is 15.7. The molecule has 2 fully saturated rings. The van der Waals surface area contributed by atoms with E-state index in [4.69, 9.17) is 9.72 Å². The number of aromatic amines is 1. The highest BCUT2D eigenvalue weighted by atomic mass is 16.5. The summed E-state index contributed by atoms with van der Waals surface area (Å²) in [6.07, 6.45) is 4.04. The number of nitrogens with one attached hydrogen (secondary N) is 2.